The highest BCUT2D eigenvalue weighted by Gasteiger charge is 2.47. The second-order valence-corrected chi connectivity index (χ2v) is 4.56. The van der Waals surface area contributed by atoms with Crippen molar-refractivity contribution in [1.29, 1.82) is 0 Å². The van der Waals surface area contributed by atoms with Gasteiger partial charge in [-0.2, -0.15) is 0 Å². The van der Waals surface area contributed by atoms with Crippen LogP contribution in [-0.2, 0) is 4.74 Å². The van der Waals surface area contributed by atoms with Crippen molar-refractivity contribution in [3.8, 4) is 0 Å². The maximum Gasteiger partial charge on any atom is 0.0892 e. The molecule has 0 bridgehead atoms. The summed E-state index contributed by atoms with van der Waals surface area (Å²) in [6.07, 6.45) is 2.16. The Morgan fingerprint density at radius 1 is 1.45 bits per heavy atom. The van der Waals surface area contributed by atoms with E-state index < -0.39 is 5.60 Å². The number of rotatable bonds is 3. The molecule has 1 atom stereocenters. The minimum atomic E-state index is -0.540. The fourth-order valence-corrected chi connectivity index (χ4v) is 1.22. The quantitative estimate of drug-likeness (QED) is 0.634. The van der Waals surface area contributed by atoms with Crippen molar-refractivity contribution in [3.05, 3.63) is 0 Å². The lowest BCUT2D eigenvalue weighted by molar-refractivity contribution is 0.0663. The van der Waals surface area contributed by atoms with Gasteiger partial charge in [0.15, 0.2) is 0 Å². The fourth-order valence-electron chi connectivity index (χ4n) is 1.22. The molecule has 1 heterocycles. The van der Waals surface area contributed by atoms with Crippen molar-refractivity contribution in [2.45, 2.75) is 57.8 Å². The van der Waals surface area contributed by atoms with E-state index in [2.05, 4.69) is 13.8 Å². The molecule has 11 heavy (non-hydrogen) atoms. The minimum absolute atomic E-state index is 0.0747. The first-order valence-corrected chi connectivity index (χ1v) is 4.21. The molecule has 0 aromatic carbocycles. The van der Waals surface area contributed by atoms with Crippen LogP contribution < -0.4 is 0 Å². The Morgan fingerprint density at radius 3 is 2.18 bits per heavy atom. The summed E-state index contributed by atoms with van der Waals surface area (Å²) in [5.41, 5.74) is -0.465. The lowest BCUT2D eigenvalue weighted by atomic mass is 9.98. The van der Waals surface area contributed by atoms with E-state index in [1.807, 2.05) is 13.8 Å². The van der Waals surface area contributed by atoms with Gasteiger partial charge in [0.2, 0.25) is 0 Å². The Hall–Kier alpha value is -0.0800. The van der Waals surface area contributed by atoms with Crippen molar-refractivity contribution < 1.29 is 9.84 Å². The van der Waals surface area contributed by atoms with E-state index >= 15 is 0 Å². The number of hydrogen-bond acceptors (Lipinski definition) is 2. The van der Waals surface area contributed by atoms with Crippen molar-refractivity contribution in [1.82, 2.24) is 0 Å². The van der Waals surface area contributed by atoms with Crippen LogP contribution in [0.25, 0.3) is 0 Å². The molecule has 0 saturated carbocycles. The molecule has 1 unspecified atom stereocenters. The van der Waals surface area contributed by atoms with Gasteiger partial charge < -0.3 is 9.84 Å². The van der Waals surface area contributed by atoms with Gasteiger partial charge in [-0.15, -0.1) is 0 Å². The monoisotopic (exact) mass is 158 g/mol. The summed E-state index contributed by atoms with van der Waals surface area (Å²) in [7, 11) is 0. The number of ether oxygens (including phenoxy) is 1. The van der Waals surface area contributed by atoms with Gasteiger partial charge in [0.25, 0.3) is 0 Å². The first-order valence-electron chi connectivity index (χ1n) is 4.21. The average molecular weight is 158 g/mol. The first kappa shape index (κ1) is 9.01. The summed E-state index contributed by atoms with van der Waals surface area (Å²) >= 11 is 0. The number of hydrogen-bond donors (Lipinski definition) is 1. The zero-order valence-electron chi connectivity index (χ0n) is 7.85. The highest BCUT2D eigenvalue weighted by molar-refractivity contribution is 4.95. The molecular weight excluding hydrogens is 140 g/mol. The summed E-state index contributed by atoms with van der Waals surface area (Å²) in [5.74, 6) is 0. The van der Waals surface area contributed by atoms with Crippen LogP contribution in [-0.4, -0.2) is 22.4 Å². The molecule has 2 nitrogen and oxygen atoms in total. The Labute approximate surface area is 68.6 Å². The highest BCUT2D eigenvalue weighted by atomic mass is 16.6. The summed E-state index contributed by atoms with van der Waals surface area (Å²) < 4.78 is 5.39. The molecular formula is C9H18O2. The van der Waals surface area contributed by atoms with Crippen LogP contribution in [0.1, 0.15) is 40.5 Å². The molecule has 0 aromatic heterocycles. The average Bonchev–Trinajstić information content (AvgIpc) is 2.33. The third kappa shape index (κ3) is 2.80. The summed E-state index contributed by atoms with van der Waals surface area (Å²) in [4.78, 5) is 0. The van der Waals surface area contributed by atoms with Gasteiger partial charge in [-0.05, 0) is 40.5 Å². The van der Waals surface area contributed by atoms with E-state index in [9.17, 15) is 5.11 Å². The second kappa shape index (κ2) is 2.46. The predicted octanol–water partition coefficient (Wildman–Crippen LogP) is 1.71. The number of epoxide rings is 1. The molecule has 66 valence electrons. The topological polar surface area (TPSA) is 32.8 Å². The standard InChI is InChI=1S/C9H18O2/c1-8(2,10)6-5-7-9(3,4)11-7/h7,10H,5-6H2,1-4H3. The maximum atomic E-state index is 9.41. The van der Waals surface area contributed by atoms with Crippen molar-refractivity contribution >= 4 is 0 Å². The lowest BCUT2D eigenvalue weighted by Gasteiger charge is -2.15. The molecule has 1 saturated heterocycles. The van der Waals surface area contributed by atoms with Gasteiger partial charge in [-0.25, -0.2) is 0 Å². The molecule has 0 amide bonds. The normalized spacial score (nSPS) is 28.6. The molecule has 2 heteroatoms. The van der Waals surface area contributed by atoms with Crippen LogP contribution in [0.4, 0.5) is 0 Å². The summed E-state index contributed by atoms with van der Waals surface area (Å²) in [6.45, 7) is 7.84. The Kier molecular flexibility index (Phi) is 2.01. The van der Waals surface area contributed by atoms with Crippen LogP contribution in [0.2, 0.25) is 0 Å². The Morgan fingerprint density at radius 2 is 1.91 bits per heavy atom. The summed E-state index contributed by atoms with van der Waals surface area (Å²) in [6, 6.07) is 0. The first-order chi connectivity index (χ1) is 4.81. The van der Waals surface area contributed by atoms with Crippen molar-refractivity contribution in [2.75, 3.05) is 0 Å². The molecule has 1 aliphatic rings. The smallest absolute Gasteiger partial charge is 0.0892 e. The van der Waals surface area contributed by atoms with E-state index in [0.29, 0.717) is 6.10 Å². The highest BCUT2D eigenvalue weighted by Crippen LogP contribution is 2.39. The van der Waals surface area contributed by atoms with Crippen LogP contribution in [0.5, 0.6) is 0 Å². The van der Waals surface area contributed by atoms with E-state index in [-0.39, 0.29) is 5.60 Å². The third-order valence-corrected chi connectivity index (χ3v) is 2.18. The van der Waals surface area contributed by atoms with Gasteiger partial charge >= 0.3 is 0 Å². The van der Waals surface area contributed by atoms with Gasteiger partial charge in [-0.3, -0.25) is 0 Å². The van der Waals surface area contributed by atoms with Crippen molar-refractivity contribution in [2.24, 2.45) is 0 Å². The minimum Gasteiger partial charge on any atom is -0.390 e. The van der Waals surface area contributed by atoms with Crippen LogP contribution in [0.3, 0.4) is 0 Å². The predicted molar refractivity (Wildman–Crippen MR) is 44.5 cm³/mol. The maximum absolute atomic E-state index is 9.41. The molecule has 0 radical (unpaired) electrons. The van der Waals surface area contributed by atoms with Gasteiger partial charge in [-0.1, -0.05) is 0 Å². The molecule has 1 rings (SSSR count). The zero-order chi connectivity index (χ0) is 8.70. The SMILES string of the molecule is CC(C)(O)CCC1OC1(C)C. The van der Waals surface area contributed by atoms with Gasteiger partial charge in [0.05, 0.1) is 17.3 Å². The van der Waals surface area contributed by atoms with Crippen molar-refractivity contribution in [3.63, 3.8) is 0 Å². The van der Waals surface area contributed by atoms with Gasteiger partial charge in [0.1, 0.15) is 0 Å². The largest absolute Gasteiger partial charge is 0.390 e. The van der Waals surface area contributed by atoms with E-state index in [1.54, 1.807) is 0 Å². The molecule has 0 aromatic rings. The third-order valence-electron chi connectivity index (χ3n) is 2.18. The molecule has 0 aliphatic carbocycles. The van der Waals surface area contributed by atoms with Crippen LogP contribution >= 0.6 is 0 Å². The molecule has 0 spiro atoms. The van der Waals surface area contributed by atoms with Crippen LogP contribution in [0, 0.1) is 0 Å². The zero-order valence-corrected chi connectivity index (χ0v) is 7.85. The fraction of sp³-hybridized carbons (Fsp3) is 1.00. The Bertz CT molecular complexity index is 144. The molecule has 1 aliphatic heterocycles. The lowest BCUT2D eigenvalue weighted by Crippen LogP contribution is -2.19. The summed E-state index contributed by atoms with van der Waals surface area (Å²) in [5, 5.41) is 9.41. The second-order valence-electron chi connectivity index (χ2n) is 4.56. The molecule has 1 N–H and O–H groups in total. The van der Waals surface area contributed by atoms with Crippen LogP contribution in [0.15, 0.2) is 0 Å². The molecule has 1 fully saturated rings. The van der Waals surface area contributed by atoms with Gasteiger partial charge in [0, 0.05) is 0 Å². The Balaban J connectivity index is 2.16. The number of aliphatic hydroxyl groups is 1. The van der Waals surface area contributed by atoms with E-state index in [4.69, 9.17) is 4.74 Å². The van der Waals surface area contributed by atoms with E-state index in [0.717, 1.165) is 12.8 Å². The van der Waals surface area contributed by atoms with E-state index in [1.165, 1.54) is 0 Å².